The Labute approximate surface area is 239 Å². The van der Waals surface area contributed by atoms with Gasteiger partial charge in [0.2, 0.25) is 6.41 Å². The highest BCUT2D eigenvalue weighted by Crippen LogP contribution is 2.32. The molecule has 0 radical (unpaired) electrons. The third-order valence-corrected chi connectivity index (χ3v) is 7.70. The van der Waals surface area contributed by atoms with Crippen molar-refractivity contribution in [2.45, 2.75) is 86.0 Å². The lowest BCUT2D eigenvalue weighted by molar-refractivity contribution is -0.106. The quantitative estimate of drug-likeness (QED) is 0.249. The minimum absolute atomic E-state index is 0.118. The Balaban J connectivity index is 0.000000483. The molecule has 1 unspecified atom stereocenters. The summed E-state index contributed by atoms with van der Waals surface area (Å²) in [6.07, 6.45) is 3.72. The molecule has 40 heavy (non-hydrogen) atoms. The molecule has 5 heteroatoms. The number of hydrogen-bond acceptors (Lipinski definition) is 4. The van der Waals surface area contributed by atoms with Crippen molar-refractivity contribution in [3.05, 3.63) is 111 Å². The monoisotopic (exact) mass is 542 g/mol. The summed E-state index contributed by atoms with van der Waals surface area (Å²) < 4.78 is 4.89. The molecule has 0 bridgehead atoms. The van der Waals surface area contributed by atoms with Crippen LogP contribution < -0.4 is 11.4 Å². The van der Waals surface area contributed by atoms with Crippen LogP contribution in [0.3, 0.4) is 0 Å². The van der Waals surface area contributed by atoms with E-state index >= 15 is 0 Å². The SMILES string of the molecule is CCC(C)(C)CC.Cc1noc(=O)c2ccc(C(Cc3ccccc3)c3ccc(C(C)(C)C)cc3)cc12.NC=O. The molecule has 0 spiro atoms. The molecule has 0 aliphatic carbocycles. The number of fused-ring (bicyclic) bond motifs is 1. The van der Waals surface area contributed by atoms with E-state index in [1.165, 1.54) is 35.1 Å². The van der Waals surface area contributed by atoms with Crippen LogP contribution in [0.4, 0.5) is 0 Å². The van der Waals surface area contributed by atoms with Crippen LogP contribution in [-0.4, -0.2) is 11.6 Å². The molecule has 4 rings (SSSR count). The van der Waals surface area contributed by atoms with Crippen molar-refractivity contribution < 1.29 is 9.32 Å². The van der Waals surface area contributed by atoms with Gasteiger partial charge in [-0.3, -0.25) is 4.79 Å². The highest BCUT2D eigenvalue weighted by molar-refractivity contribution is 5.83. The number of rotatable bonds is 6. The third-order valence-electron chi connectivity index (χ3n) is 7.70. The first-order valence-electron chi connectivity index (χ1n) is 14.1. The molecular formula is C35H46N2O3. The highest BCUT2D eigenvalue weighted by atomic mass is 16.5. The number of carbonyl (C=O) groups is 1. The highest BCUT2D eigenvalue weighted by Gasteiger charge is 2.19. The topological polar surface area (TPSA) is 86.2 Å². The van der Waals surface area contributed by atoms with Crippen molar-refractivity contribution in [3.63, 3.8) is 0 Å². The summed E-state index contributed by atoms with van der Waals surface area (Å²) in [6.45, 7) is 17.6. The summed E-state index contributed by atoms with van der Waals surface area (Å²) in [5.41, 5.74) is 10.2. The number of hydrogen-bond donors (Lipinski definition) is 1. The van der Waals surface area contributed by atoms with Gasteiger partial charge in [-0.15, -0.1) is 0 Å². The number of aryl methyl sites for hydroxylation is 1. The van der Waals surface area contributed by atoms with E-state index in [2.05, 4.69) is 114 Å². The van der Waals surface area contributed by atoms with E-state index < -0.39 is 5.63 Å². The Bertz CT molecular complexity index is 1390. The van der Waals surface area contributed by atoms with E-state index in [-0.39, 0.29) is 17.7 Å². The van der Waals surface area contributed by atoms with Crippen LogP contribution in [0.25, 0.3) is 10.8 Å². The van der Waals surface area contributed by atoms with Gasteiger partial charge in [0.15, 0.2) is 0 Å². The lowest BCUT2D eigenvalue weighted by Crippen LogP contribution is -2.12. The Morgan fingerprint density at radius 2 is 1.40 bits per heavy atom. The van der Waals surface area contributed by atoms with Crippen LogP contribution in [0.15, 0.2) is 82.1 Å². The first kappa shape index (κ1) is 32.5. The van der Waals surface area contributed by atoms with Gasteiger partial charge in [-0.2, -0.15) is 0 Å². The lowest BCUT2D eigenvalue weighted by Gasteiger charge is -2.22. The molecule has 3 aromatic carbocycles. The van der Waals surface area contributed by atoms with Gasteiger partial charge in [-0.25, -0.2) is 4.79 Å². The molecule has 0 saturated heterocycles. The Morgan fingerprint density at radius 1 is 0.850 bits per heavy atom. The Hall–Kier alpha value is -3.73. The van der Waals surface area contributed by atoms with Crippen molar-refractivity contribution >= 4 is 17.2 Å². The molecule has 0 fully saturated rings. The zero-order valence-electron chi connectivity index (χ0n) is 25.5. The fourth-order valence-corrected chi connectivity index (χ4v) is 4.21. The molecule has 1 atom stereocenters. The van der Waals surface area contributed by atoms with Crippen LogP contribution >= 0.6 is 0 Å². The predicted octanol–water partition coefficient (Wildman–Crippen LogP) is 8.10. The number of amides is 1. The smallest absolute Gasteiger partial charge is 0.366 e. The Kier molecular flexibility index (Phi) is 11.9. The van der Waals surface area contributed by atoms with Gasteiger partial charge in [-0.1, -0.05) is 127 Å². The van der Waals surface area contributed by atoms with E-state index in [1.807, 2.05) is 25.1 Å². The molecule has 2 N–H and O–H groups in total. The molecule has 214 valence electrons. The minimum atomic E-state index is -0.392. The van der Waals surface area contributed by atoms with Gasteiger partial charge in [0.05, 0.1) is 11.1 Å². The molecule has 1 amide bonds. The average Bonchev–Trinajstić information content (AvgIpc) is 2.94. The second-order valence-electron chi connectivity index (χ2n) is 12.0. The molecule has 0 aliphatic rings. The van der Waals surface area contributed by atoms with E-state index in [4.69, 9.17) is 9.32 Å². The summed E-state index contributed by atoms with van der Waals surface area (Å²) in [6, 6.07) is 25.5. The first-order chi connectivity index (χ1) is 18.9. The molecule has 5 nitrogen and oxygen atoms in total. The van der Waals surface area contributed by atoms with E-state index in [9.17, 15) is 4.79 Å². The van der Waals surface area contributed by atoms with Crippen LogP contribution in [0.2, 0.25) is 0 Å². The number of primary amides is 1. The van der Waals surface area contributed by atoms with Gasteiger partial charge in [0.25, 0.3) is 0 Å². The maximum atomic E-state index is 12.1. The summed E-state index contributed by atoms with van der Waals surface area (Å²) in [4.78, 5) is 20.7. The van der Waals surface area contributed by atoms with Crippen LogP contribution in [0, 0.1) is 12.3 Å². The fourth-order valence-electron chi connectivity index (χ4n) is 4.21. The number of nitrogens with zero attached hydrogens (tertiary/aromatic N) is 1. The van der Waals surface area contributed by atoms with Gasteiger partial charge in [-0.05, 0) is 58.6 Å². The van der Waals surface area contributed by atoms with E-state index in [0.717, 1.165) is 17.5 Å². The molecule has 0 aliphatic heterocycles. The van der Waals surface area contributed by atoms with E-state index in [0.29, 0.717) is 10.8 Å². The number of benzene rings is 3. The van der Waals surface area contributed by atoms with Crippen molar-refractivity contribution in [2.24, 2.45) is 11.1 Å². The summed E-state index contributed by atoms with van der Waals surface area (Å²) in [7, 11) is 0. The fraction of sp³-hybridized carbons (Fsp3) is 0.400. The second kappa shape index (κ2) is 14.6. The van der Waals surface area contributed by atoms with Crippen LogP contribution in [-0.2, 0) is 16.6 Å². The summed E-state index contributed by atoms with van der Waals surface area (Å²) >= 11 is 0. The zero-order valence-corrected chi connectivity index (χ0v) is 25.5. The van der Waals surface area contributed by atoms with Crippen molar-refractivity contribution in [2.75, 3.05) is 0 Å². The molecule has 4 aromatic rings. The van der Waals surface area contributed by atoms with Crippen molar-refractivity contribution in [1.82, 2.24) is 5.16 Å². The van der Waals surface area contributed by atoms with Crippen molar-refractivity contribution in [3.8, 4) is 0 Å². The van der Waals surface area contributed by atoms with Crippen LogP contribution in [0.1, 0.15) is 95.2 Å². The predicted molar refractivity (Wildman–Crippen MR) is 167 cm³/mol. The zero-order chi connectivity index (χ0) is 29.9. The lowest BCUT2D eigenvalue weighted by atomic mass is 9.82. The average molecular weight is 543 g/mol. The van der Waals surface area contributed by atoms with Gasteiger partial charge < -0.3 is 10.3 Å². The summed E-state index contributed by atoms with van der Waals surface area (Å²) in [5.74, 6) is 0.178. The maximum absolute atomic E-state index is 12.1. The molecular weight excluding hydrogens is 496 g/mol. The molecule has 0 saturated carbocycles. The minimum Gasteiger partial charge on any atom is -0.372 e. The van der Waals surface area contributed by atoms with Gasteiger partial charge in [0.1, 0.15) is 0 Å². The number of nitrogens with two attached hydrogens (primary N) is 1. The molecule has 1 aromatic heterocycles. The second-order valence-corrected chi connectivity index (χ2v) is 12.0. The normalized spacial score (nSPS) is 12.0. The van der Waals surface area contributed by atoms with Gasteiger partial charge >= 0.3 is 5.63 Å². The Morgan fingerprint density at radius 3 is 1.90 bits per heavy atom. The maximum Gasteiger partial charge on any atom is 0.366 e. The third kappa shape index (κ3) is 9.18. The first-order valence-corrected chi connectivity index (χ1v) is 14.1. The van der Waals surface area contributed by atoms with Crippen molar-refractivity contribution in [1.29, 1.82) is 0 Å². The van der Waals surface area contributed by atoms with Crippen LogP contribution in [0.5, 0.6) is 0 Å². The number of carbonyl (C=O) groups excluding carboxylic acids is 1. The van der Waals surface area contributed by atoms with E-state index in [1.54, 1.807) is 0 Å². The number of aromatic nitrogens is 1. The standard InChI is InChI=1S/C27H27NO2.C7H16.CH3NO/c1-18-24-17-21(12-15-23(24)26(29)30-28-18)25(16-19-8-6-5-7-9-19)20-10-13-22(14-11-20)27(2,3)4;1-5-7(3,4)6-2;2-1-3/h5-15,17,25H,16H2,1-4H3;5-6H2,1-4H3;1H,(H2,2,3). The van der Waals surface area contributed by atoms with Gasteiger partial charge in [0, 0.05) is 11.3 Å². The largest absolute Gasteiger partial charge is 0.372 e. The summed E-state index contributed by atoms with van der Waals surface area (Å²) in [5, 5.41) is 5.35. The molecule has 1 heterocycles.